The highest BCUT2D eigenvalue weighted by Crippen LogP contribution is 2.31. The standard InChI is InChI=1S/C18H28N2O/c1-18(2,3)15-9-4-13(5-10-15)6-11-17(21)20-12-16(19)14-7-8-14/h4-5,9-10,14,16H,6-8,11-12,19H2,1-3H3,(H,20,21). The molecule has 0 aromatic heterocycles. The lowest BCUT2D eigenvalue weighted by Crippen LogP contribution is -2.38. The highest BCUT2D eigenvalue weighted by atomic mass is 16.1. The first kappa shape index (κ1) is 16.0. The number of nitrogens with one attached hydrogen (secondary N) is 1. The Morgan fingerprint density at radius 2 is 1.90 bits per heavy atom. The molecule has 3 nitrogen and oxygen atoms in total. The Morgan fingerprint density at radius 1 is 1.29 bits per heavy atom. The zero-order valence-corrected chi connectivity index (χ0v) is 13.5. The normalized spacial score (nSPS) is 16.6. The van der Waals surface area contributed by atoms with E-state index in [-0.39, 0.29) is 17.4 Å². The molecule has 116 valence electrons. The quantitative estimate of drug-likeness (QED) is 0.845. The van der Waals surface area contributed by atoms with E-state index in [1.54, 1.807) is 0 Å². The summed E-state index contributed by atoms with van der Waals surface area (Å²) in [5, 5.41) is 2.95. The van der Waals surface area contributed by atoms with E-state index in [9.17, 15) is 4.79 Å². The smallest absolute Gasteiger partial charge is 0.220 e. The first-order valence-electron chi connectivity index (χ1n) is 7.98. The SMILES string of the molecule is CC(C)(C)c1ccc(CCC(=O)NCC(N)C2CC2)cc1. The summed E-state index contributed by atoms with van der Waals surface area (Å²) in [6, 6.07) is 8.72. The van der Waals surface area contributed by atoms with Gasteiger partial charge in [0, 0.05) is 19.0 Å². The first-order chi connectivity index (χ1) is 9.86. The monoisotopic (exact) mass is 288 g/mol. The van der Waals surface area contributed by atoms with Gasteiger partial charge in [-0.25, -0.2) is 0 Å². The molecule has 0 saturated heterocycles. The van der Waals surface area contributed by atoms with Crippen molar-refractivity contribution in [2.45, 2.75) is 57.9 Å². The predicted molar refractivity (Wildman–Crippen MR) is 87.2 cm³/mol. The fourth-order valence-corrected chi connectivity index (χ4v) is 2.44. The molecule has 1 fully saturated rings. The molecular formula is C18H28N2O. The van der Waals surface area contributed by atoms with Crippen molar-refractivity contribution in [2.24, 2.45) is 11.7 Å². The average molecular weight is 288 g/mol. The summed E-state index contributed by atoms with van der Waals surface area (Å²) in [6.07, 6.45) is 3.76. The molecule has 1 atom stereocenters. The van der Waals surface area contributed by atoms with Crippen LogP contribution >= 0.6 is 0 Å². The van der Waals surface area contributed by atoms with Gasteiger partial charge in [0.2, 0.25) is 5.91 Å². The van der Waals surface area contributed by atoms with Crippen LogP contribution in [0.4, 0.5) is 0 Å². The molecule has 1 aromatic rings. The maximum absolute atomic E-state index is 11.8. The largest absolute Gasteiger partial charge is 0.355 e. The molecule has 1 aliphatic rings. The number of benzene rings is 1. The Labute approximate surface area is 128 Å². The number of nitrogens with two attached hydrogens (primary N) is 1. The highest BCUT2D eigenvalue weighted by molar-refractivity contribution is 5.76. The summed E-state index contributed by atoms with van der Waals surface area (Å²) >= 11 is 0. The fourth-order valence-electron chi connectivity index (χ4n) is 2.44. The van der Waals surface area contributed by atoms with Gasteiger partial charge in [-0.05, 0) is 41.7 Å². The minimum Gasteiger partial charge on any atom is -0.355 e. The number of aryl methyl sites for hydroxylation is 1. The molecule has 0 bridgehead atoms. The van der Waals surface area contributed by atoms with Gasteiger partial charge in [-0.1, -0.05) is 45.0 Å². The zero-order valence-electron chi connectivity index (χ0n) is 13.5. The maximum atomic E-state index is 11.8. The van der Waals surface area contributed by atoms with E-state index < -0.39 is 0 Å². The Balaban J connectivity index is 1.73. The van der Waals surface area contributed by atoms with Gasteiger partial charge < -0.3 is 11.1 Å². The van der Waals surface area contributed by atoms with E-state index in [4.69, 9.17) is 5.73 Å². The van der Waals surface area contributed by atoms with Crippen LogP contribution in [0.5, 0.6) is 0 Å². The molecule has 3 N–H and O–H groups in total. The van der Waals surface area contributed by atoms with Crippen molar-refractivity contribution >= 4 is 5.91 Å². The second kappa shape index (κ2) is 6.61. The topological polar surface area (TPSA) is 55.1 Å². The van der Waals surface area contributed by atoms with Gasteiger partial charge in [0.15, 0.2) is 0 Å². The predicted octanol–water partition coefficient (Wildman–Crippen LogP) is 2.77. The van der Waals surface area contributed by atoms with Crippen molar-refractivity contribution < 1.29 is 4.79 Å². The van der Waals surface area contributed by atoms with Crippen LogP contribution in [0.2, 0.25) is 0 Å². The molecule has 1 saturated carbocycles. The first-order valence-corrected chi connectivity index (χ1v) is 7.98. The second-order valence-corrected chi connectivity index (χ2v) is 7.25. The molecular weight excluding hydrogens is 260 g/mol. The van der Waals surface area contributed by atoms with Crippen LogP contribution in [0.3, 0.4) is 0 Å². The molecule has 21 heavy (non-hydrogen) atoms. The van der Waals surface area contributed by atoms with E-state index in [0.717, 1.165) is 6.42 Å². The Hall–Kier alpha value is -1.35. The number of carbonyl (C=O) groups excluding carboxylic acids is 1. The van der Waals surface area contributed by atoms with Gasteiger partial charge >= 0.3 is 0 Å². The zero-order chi connectivity index (χ0) is 15.5. The summed E-state index contributed by atoms with van der Waals surface area (Å²) in [6.45, 7) is 7.24. The van der Waals surface area contributed by atoms with Crippen LogP contribution in [-0.4, -0.2) is 18.5 Å². The number of hydrogen-bond donors (Lipinski definition) is 2. The molecule has 0 radical (unpaired) electrons. The van der Waals surface area contributed by atoms with E-state index in [0.29, 0.717) is 18.9 Å². The molecule has 2 rings (SSSR count). The van der Waals surface area contributed by atoms with Crippen LogP contribution in [0.1, 0.15) is 51.2 Å². The van der Waals surface area contributed by atoms with Crippen LogP contribution in [-0.2, 0) is 16.6 Å². The third-order valence-electron chi connectivity index (χ3n) is 4.22. The van der Waals surface area contributed by atoms with Crippen LogP contribution in [0.15, 0.2) is 24.3 Å². The van der Waals surface area contributed by atoms with Crippen LogP contribution in [0.25, 0.3) is 0 Å². The number of hydrogen-bond acceptors (Lipinski definition) is 2. The lowest BCUT2D eigenvalue weighted by Gasteiger charge is -2.19. The number of rotatable bonds is 6. The van der Waals surface area contributed by atoms with Crippen molar-refractivity contribution in [3.63, 3.8) is 0 Å². The molecule has 0 aliphatic heterocycles. The van der Waals surface area contributed by atoms with E-state index >= 15 is 0 Å². The van der Waals surface area contributed by atoms with Crippen molar-refractivity contribution in [1.29, 1.82) is 0 Å². The van der Waals surface area contributed by atoms with Crippen molar-refractivity contribution in [1.82, 2.24) is 5.32 Å². The highest BCUT2D eigenvalue weighted by Gasteiger charge is 2.28. The lowest BCUT2D eigenvalue weighted by atomic mass is 9.86. The fraction of sp³-hybridized carbons (Fsp3) is 0.611. The van der Waals surface area contributed by atoms with Crippen molar-refractivity contribution in [2.75, 3.05) is 6.54 Å². The lowest BCUT2D eigenvalue weighted by molar-refractivity contribution is -0.121. The third kappa shape index (κ3) is 5.16. The average Bonchev–Trinajstić information content (AvgIpc) is 3.26. The molecule has 1 amide bonds. The van der Waals surface area contributed by atoms with E-state index in [1.807, 2.05) is 0 Å². The summed E-state index contributed by atoms with van der Waals surface area (Å²) in [4.78, 5) is 11.8. The van der Waals surface area contributed by atoms with Crippen molar-refractivity contribution in [3.8, 4) is 0 Å². The summed E-state index contributed by atoms with van der Waals surface area (Å²) in [5.74, 6) is 0.737. The third-order valence-corrected chi connectivity index (χ3v) is 4.22. The van der Waals surface area contributed by atoms with Gasteiger partial charge in [-0.3, -0.25) is 4.79 Å². The Morgan fingerprint density at radius 3 is 2.43 bits per heavy atom. The molecule has 0 spiro atoms. The van der Waals surface area contributed by atoms with Gasteiger partial charge in [0.1, 0.15) is 0 Å². The Kier molecular flexibility index (Phi) is 5.04. The van der Waals surface area contributed by atoms with Gasteiger partial charge in [-0.15, -0.1) is 0 Å². The molecule has 0 heterocycles. The van der Waals surface area contributed by atoms with Gasteiger partial charge in [-0.2, -0.15) is 0 Å². The van der Waals surface area contributed by atoms with Gasteiger partial charge in [0.05, 0.1) is 0 Å². The van der Waals surface area contributed by atoms with Crippen LogP contribution < -0.4 is 11.1 Å². The Bertz CT molecular complexity index is 469. The molecule has 1 aliphatic carbocycles. The summed E-state index contributed by atoms with van der Waals surface area (Å²) < 4.78 is 0. The molecule has 1 aromatic carbocycles. The number of amides is 1. The summed E-state index contributed by atoms with van der Waals surface area (Å²) in [7, 11) is 0. The maximum Gasteiger partial charge on any atom is 0.220 e. The minimum atomic E-state index is 0.103. The van der Waals surface area contributed by atoms with E-state index in [1.165, 1.54) is 24.0 Å². The molecule has 1 unspecified atom stereocenters. The number of carbonyl (C=O) groups is 1. The second-order valence-electron chi connectivity index (χ2n) is 7.25. The van der Waals surface area contributed by atoms with Gasteiger partial charge in [0.25, 0.3) is 0 Å². The van der Waals surface area contributed by atoms with Crippen LogP contribution in [0, 0.1) is 5.92 Å². The minimum absolute atomic E-state index is 0.103. The van der Waals surface area contributed by atoms with Crippen molar-refractivity contribution in [3.05, 3.63) is 35.4 Å². The summed E-state index contributed by atoms with van der Waals surface area (Å²) in [5.41, 5.74) is 8.69. The molecule has 3 heteroatoms. The van der Waals surface area contributed by atoms with E-state index in [2.05, 4.69) is 50.4 Å².